The Morgan fingerprint density at radius 2 is 1.97 bits per heavy atom. The quantitative estimate of drug-likeness (QED) is 0.350. The first kappa shape index (κ1) is 22.8. The lowest BCUT2D eigenvalue weighted by Crippen LogP contribution is -2.30. The molecule has 0 aliphatic carbocycles. The highest BCUT2D eigenvalue weighted by molar-refractivity contribution is 6.01. The van der Waals surface area contributed by atoms with Gasteiger partial charge in [-0.2, -0.15) is 5.26 Å². The Kier molecular flexibility index (Phi) is 8.71. The molecule has 0 aliphatic rings. The van der Waals surface area contributed by atoms with E-state index in [1.807, 2.05) is 63.2 Å². The number of nitriles is 1. The number of ether oxygens (including phenoxy) is 2. The van der Waals surface area contributed by atoms with E-state index in [9.17, 15) is 10.1 Å². The molecular formula is C25H28N2O3. The molecule has 0 saturated carbocycles. The van der Waals surface area contributed by atoms with Crippen LogP contribution in [0.25, 0.3) is 6.08 Å². The van der Waals surface area contributed by atoms with E-state index in [0.29, 0.717) is 36.7 Å². The zero-order chi connectivity index (χ0) is 21.9. The Labute approximate surface area is 178 Å². The van der Waals surface area contributed by atoms with Gasteiger partial charge in [-0.25, -0.2) is 0 Å². The van der Waals surface area contributed by atoms with E-state index in [1.165, 1.54) is 0 Å². The third kappa shape index (κ3) is 6.52. The molecule has 0 spiro atoms. The van der Waals surface area contributed by atoms with Crippen LogP contribution in [0, 0.1) is 11.3 Å². The van der Waals surface area contributed by atoms with Gasteiger partial charge in [-0.05, 0) is 56.5 Å². The van der Waals surface area contributed by atoms with Crippen molar-refractivity contribution in [2.45, 2.75) is 39.8 Å². The van der Waals surface area contributed by atoms with Crippen molar-refractivity contribution in [1.82, 2.24) is 5.32 Å². The maximum atomic E-state index is 12.3. The maximum absolute atomic E-state index is 12.3. The molecule has 0 aromatic heterocycles. The topological polar surface area (TPSA) is 71.4 Å². The summed E-state index contributed by atoms with van der Waals surface area (Å²) in [6.07, 6.45) is 3.91. The molecule has 0 saturated heterocycles. The van der Waals surface area contributed by atoms with Gasteiger partial charge in [0.25, 0.3) is 5.91 Å². The fraction of sp³-hybridized carbons (Fsp3) is 0.280. The molecule has 2 rings (SSSR count). The van der Waals surface area contributed by atoms with Crippen molar-refractivity contribution >= 4 is 12.0 Å². The van der Waals surface area contributed by atoms with Gasteiger partial charge in [0.2, 0.25) is 0 Å². The Hall–Kier alpha value is -3.52. The smallest absolute Gasteiger partial charge is 0.262 e. The number of hydrogen-bond acceptors (Lipinski definition) is 4. The van der Waals surface area contributed by atoms with Crippen molar-refractivity contribution in [1.29, 1.82) is 5.26 Å². The van der Waals surface area contributed by atoms with Crippen LogP contribution in [0.5, 0.6) is 11.5 Å². The summed E-state index contributed by atoms with van der Waals surface area (Å²) in [5.74, 6) is 0.809. The van der Waals surface area contributed by atoms with E-state index in [0.717, 1.165) is 11.1 Å². The second kappa shape index (κ2) is 11.5. The Morgan fingerprint density at radius 1 is 1.23 bits per heavy atom. The predicted molar refractivity (Wildman–Crippen MR) is 119 cm³/mol. The minimum absolute atomic E-state index is 0.0358. The number of hydrogen-bond donors (Lipinski definition) is 1. The van der Waals surface area contributed by atoms with Gasteiger partial charge < -0.3 is 14.8 Å². The standard InChI is InChI=1S/C25H28N2O3/c1-5-10-21-13-20(14-22(16-26)25(28)27-18(3)4)15-23(29-6-2)24(21)30-17-19-11-8-7-9-12-19/h5,7-9,11-15,18H,1,6,10,17H2,2-4H3,(H,27,28)/b22-14-. The van der Waals surface area contributed by atoms with Gasteiger partial charge >= 0.3 is 0 Å². The maximum Gasteiger partial charge on any atom is 0.262 e. The SMILES string of the molecule is C=CCc1cc(/C=C(/C#N)C(=O)NC(C)C)cc(OCC)c1OCc1ccccc1. The summed E-state index contributed by atoms with van der Waals surface area (Å²) >= 11 is 0. The van der Waals surface area contributed by atoms with Crippen molar-refractivity contribution in [3.05, 3.63) is 77.4 Å². The van der Waals surface area contributed by atoms with Gasteiger partial charge in [0.1, 0.15) is 18.2 Å². The van der Waals surface area contributed by atoms with E-state index >= 15 is 0 Å². The lowest BCUT2D eigenvalue weighted by molar-refractivity contribution is -0.117. The second-order valence-corrected chi connectivity index (χ2v) is 7.01. The van der Waals surface area contributed by atoms with Crippen molar-refractivity contribution in [3.63, 3.8) is 0 Å². The Balaban J connectivity index is 2.43. The van der Waals surface area contributed by atoms with Crippen LogP contribution >= 0.6 is 0 Å². The molecule has 0 unspecified atom stereocenters. The second-order valence-electron chi connectivity index (χ2n) is 7.01. The Morgan fingerprint density at radius 3 is 2.57 bits per heavy atom. The van der Waals surface area contributed by atoms with Crippen LogP contribution in [-0.2, 0) is 17.8 Å². The molecule has 0 aliphatic heterocycles. The number of allylic oxidation sites excluding steroid dienone is 1. The summed E-state index contributed by atoms with van der Waals surface area (Å²) in [5.41, 5.74) is 2.65. The number of carbonyl (C=O) groups is 1. The van der Waals surface area contributed by atoms with Crippen molar-refractivity contribution in [2.24, 2.45) is 0 Å². The number of nitrogens with one attached hydrogen (secondary N) is 1. The summed E-state index contributed by atoms with van der Waals surface area (Å²) in [5, 5.41) is 12.2. The number of rotatable bonds is 10. The third-order valence-electron chi connectivity index (χ3n) is 4.14. The van der Waals surface area contributed by atoms with Crippen LogP contribution in [0.3, 0.4) is 0 Å². The molecule has 0 atom stereocenters. The lowest BCUT2D eigenvalue weighted by atomic mass is 10.0. The average molecular weight is 405 g/mol. The van der Waals surface area contributed by atoms with Gasteiger partial charge in [0.05, 0.1) is 6.61 Å². The highest BCUT2D eigenvalue weighted by Gasteiger charge is 2.15. The molecule has 0 radical (unpaired) electrons. The van der Waals surface area contributed by atoms with Crippen LogP contribution in [0.2, 0.25) is 0 Å². The molecule has 1 N–H and O–H groups in total. The van der Waals surface area contributed by atoms with Crippen LogP contribution in [0.15, 0.2) is 60.7 Å². The largest absolute Gasteiger partial charge is 0.490 e. The highest BCUT2D eigenvalue weighted by Crippen LogP contribution is 2.35. The molecular weight excluding hydrogens is 376 g/mol. The first-order chi connectivity index (χ1) is 14.5. The van der Waals surface area contributed by atoms with Gasteiger partial charge in [-0.3, -0.25) is 4.79 Å². The van der Waals surface area contributed by atoms with Gasteiger partial charge in [0.15, 0.2) is 11.5 Å². The molecule has 0 heterocycles. The predicted octanol–water partition coefficient (Wildman–Crippen LogP) is 4.82. The lowest BCUT2D eigenvalue weighted by Gasteiger charge is -2.17. The zero-order valence-electron chi connectivity index (χ0n) is 17.8. The van der Waals surface area contributed by atoms with Crippen molar-refractivity contribution in [2.75, 3.05) is 6.61 Å². The molecule has 156 valence electrons. The van der Waals surface area contributed by atoms with Gasteiger partial charge in [0, 0.05) is 11.6 Å². The fourth-order valence-electron chi connectivity index (χ4n) is 2.89. The van der Waals surface area contributed by atoms with Crippen molar-refractivity contribution in [3.8, 4) is 17.6 Å². The molecule has 2 aromatic rings. The zero-order valence-corrected chi connectivity index (χ0v) is 17.8. The summed E-state index contributed by atoms with van der Waals surface area (Å²) in [6.45, 7) is 10.3. The fourth-order valence-corrected chi connectivity index (χ4v) is 2.89. The minimum atomic E-state index is -0.403. The molecule has 0 bridgehead atoms. The van der Waals surface area contributed by atoms with Crippen LogP contribution in [0.4, 0.5) is 0 Å². The summed E-state index contributed by atoms with van der Waals surface area (Å²) in [6, 6.07) is 15.5. The van der Waals surface area contributed by atoms with E-state index in [-0.39, 0.29) is 11.6 Å². The number of nitrogens with zero attached hydrogens (tertiary/aromatic N) is 1. The highest BCUT2D eigenvalue weighted by atomic mass is 16.5. The number of amides is 1. The van der Waals surface area contributed by atoms with E-state index in [2.05, 4.69) is 11.9 Å². The monoisotopic (exact) mass is 404 g/mol. The van der Waals surface area contributed by atoms with E-state index < -0.39 is 5.91 Å². The normalized spacial score (nSPS) is 11.0. The molecule has 5 heteroatoms. The molecule has 5 nitrogen and oxygen atoms in total. The number of carbonyl (C=O) groups excluding carboxylic acids is 1. The number of benzene rings is 2. The first-order valence-electron chi connectivity index (χ1n) is 9.98. The summed E-state index contributed by atoms with van der Waals surface area (Å²) in [7, 11) is 0. The van der Waals surface area contributed by atoms with E-state index in [1.54, 1.807) is 18.2 Å². The Bertz CT molecular complexity index is 941. The molecule has 0 fully saturated rings. The first-order valence-corrected chi connectivity index (χ1v) is 9.98. The van der Waals surface area contributed by atoms with Gasteiger partial charge in [-0.15, -0.1) is 6.58 Å². The van der Waals surface area contributed by atoms with Crippen LogP contribution < -0.4 is 14.8 Å². The summed E-state index contributed by atoms with van der Waals surface area (Å²) < 4.78 is 11.9. The summed E-state index contributed by atoms with van der Waals surface area (Å²) in [4.78, 5) is 12.3. The van der Waals surface area contributed by atoms with Crippen LogP contribution in [-0.4, -0.2) is 18.6 Å². The molecule has 2 aromatic carbocycles. The third-order valence-corrected chi connectivity index (χ3v) is 4.14. The molecule has 1 amide bonds. The van der Waals surface area contributed by atoms with E-state index in [4.69, 9.17) is 9.47 Å². The minimum Gasteiger partial charge on any atom is -0.490 e. The van der Waals surface area contributed by atoms with Gasteiger partial charge in [-0.1, -0.05) is 36.4 Å². The molecule has 30 heavy (non-hydrogen) atoms. The average Bonchev–Trinajstić information content (AvgIpc) is 2.72. The van der Waals surface area contributed by atoms with Crippen molar-refractivity contribution < 1.29 is 14.3 Å². The van der Waals surface area contributed by atoms with Crippen LogP contribution in [0.1, 0.15) is 37.5 Å².